The summed E-state index contributed by atoms with van der Waals surface area (Å²) in [6, 6.07) is 17.8. The average Bonchev–Trinajstić information content (AvgIpc) is 3.53. The zero-order chi connectivity index (χ0) is 22.7. The molecular formula is C26H32N4O2. The van der Waals surface area contributed by atoms with Gasteiger partial charge in [-0.2, -0.15) is 0 Å². The maximum Gasteiger partial charge on any atom is 0.322 e. The number of benzene rings is 2. The molecule has 0 spiro atoms. The fourth-order valence-corrected chi connectivity index (χ4v) is 4.07. The molecule has 1 aliphatic carbocycles. The zero-order valence-corrected chi connectivity index (χ0v) is 19.1. The van der Waals surface area contributed by atoms with Crippen molar-refractivity contribution in [3.05, 3.63) is 66.5 Å². The van der Waals surface area contributed by atoms with E-state index in [0.29, 0.717) is 19.0 Å². The number of carbonyl (C=O) groups excluding carboxylic acids is 2. The van der Waals surface area contributed by atoms with E-state index in [-0.39, 0.29) is 24.5 Å². The van der Waals surface area contributed by atoms with E-state index < -0.39 is 0 Å². The Morgan fingerprint density at radius 3 is 2.50 bits per heavy atom. The topological polar surface area (TPSA) is 57.6 Å². The van der Waals surface area contributed by atoms with Crippen LogP contribution < -0.4 is 5.32 Å². The van der Waals surface area contributed by atoms with E-state index >= 15 is 0 Å². The van der Waals surface area contributed by atoms with Crippen molar-refractivity contribution in [1.82, 2.24) is 14.4 Å². The van der Waals surface area contributed by atoms with Crippen molar-refractivity contribution in [2.45, 2.75) is 39.3 Å². The number of rotatable bonds is 8. The molecule has 0 aliphatic heterocycles. The highest BCUT2D eigenvalue weighted by molar-refractivity contribution is 6.02. The Kier molecular flexibility index (Phi) is 6.49. The Morgan fingerprint density at radius 1 is 1.06 bits per heavy atom. The van der Waals surface area contributed by atoms with Crippen LogP contribution in [0.5, 0.6) is 0 Å². The van der Waals surface area contributed by atoms with E-state index in [1.807, 2.05) is 77.3 Å². The van der Waals surface area contributed by atoms with Gasteiger partial charge in [0.15, 0.2) is 0 Å². The number of anilines is 1. The lowest BCUT2D eigenvalue weighted by Gasteiger charge is -2.29. The highest BCUT2D eigenvalue weighted by Gasteiger charge is 2.35. The van der Waals surface area contributed by atoms with Crippen molar-refractivity contribution < 1.29 is 9.59 Å². The summed E-state index contributed by atoms with van der Waals surface area (Å²) in [5.41, 5.74) is 1.85. The molecule has 0 atom stereocenters. The summed E-state index contributed by atoms with van der Waals surface area (Å²) in [5.74, 6) is 0.331. The monoisotopic (exact) mass is 432 g/mol. The lowest BCUT2D eigenvalue weighted by molar-refractivity contribution is -0.133. The van der Waals surface area contributed by atoms with Gasteiger partial charge in [0.2, 0.25) is 5.91 Å². The van der Waals surface area contributed by atoms with Crippen LogP contribution in [0.4, 0.5) is 10.5 Å². The third-order valence-electron chi connectivity index (χ3n) is 5.93. The first-order chi connectivity index (χ1) is 15.4. The summed E-state index contributed by atoms with van der Waals surface area (Å²) in [6.45, 7) is 5.52. The summed E-state index contributed by atoms with van der Waals surface area (Å²) >= 11 is 0. The van der Waals surface area contributed by atoms with Gasteiger partial charge in [0.1, 0.15) is 6.54 Å². The number of hydrogen-bond donors (Lipinski definition) is 1. The molecule has 3 amide bonds. The lowest BCUT2D eigenvalue weighted by atomic mass is 10.1. The van der Waals surface area contributed by atoms with Gasteiger partial charge in [-0.05, 0) is 42.3 Å². The number of urea groups is 1. The summed E-state index contributed by atoms with van der Waals surface area (Å²) in [5, 5.41) is 5.13. The van der Waals surface area contributed by atoms with Crippen LogP contribution >= 0.6 is 0 Å². The normalized spacial score (nSPS) is 13.4. The molecule has 1 aromatic heterocycles. The number of carbonyl (C=O) groups is 2. The molecule has 0 bridgehead atoms. The van der Waals surface area contributed by atoms with Crippen LogP contribution in [0.3, 0.4) is 0 Å². The Hall–Kier alpha value is -3.28. The fourth-order valence-electron chi connectivity index (χ4n) is 4.07. The minimum Gasteiger partial charge on any atom is -0.353 e. The largest absolute Gasteiger partial charge is 0.353 e. The van der Waals surface area contributed by atoms with Gasteiger partial charge in [0, 0.05) is 36.9 Å². The number of nitrogens with zero attached hydrogens (tertiary/aromatic N) is 3. The van der Waals surface area contributed by atoms with E-state index in [2.05, 4.69) is 19.2 Å². The van der Waals surface area contributed by atoms with Crippen LogP contribution in [-0.2, 0) is 18.4 Å². The third kappa shape index (κ3) is 5.13. The number of hydrogen-bond acceptors (Lipinski definition) is 2. The first kappa shape index (κ1) is 21.9. The van der Waals surface area contributed by atoms with Crippen LogP contribution in [0.15, 0.2) is 60.8 Å². The van der Waals surface area contributed by atoms with E-state index in [9.17, 15) is 9.59 Å². The number of aryl methyl sites for hydroxylation is 1. The van der Waals surface area contributed by atoms with Gasteiger partial charge in [0.25, 0.3) is 0 Å². The van der Waals surface area contributed by atoms with E-state index in [4.69, 9.17) is 0 Å². The SMILES string of the molecule is CC(C)CN(Cc1cccn1C)C(=O)CN(C(=O)Nc1cccc2ccccc12)C1CC1. The molecule has 2 aromatic carbocycles. The number of nitrogens with one attached hydrogen (secondary N) is 1. The van der Waals surface area contributed by atoms with E-state index in [0.717, 1.165) is 35.0 Å². The minimum absolute atomic E-state index is 0.0140. The molecule has 1 aliphatic rings. The molecule has 32 heavy (non-hydrogen) atoms. The highest BCUT2D eigenvalue weighted by atomic mass is 16.2. The number of amides is 3. The van der Waals surface area contributed by atoms with Gasteiger partial charge in [-0.3, -0.25) is 4.79 Å². The third-order valence-corrected chi connectivity index (χ3v) is 5.93. The second-order valence-electron chi connectivity index (χ2n) is 9.09. The van der Waals surface area contributed by atoms with Gasteiger partial charge < -0.3 is 19.7 Å². The van der Waals surface area contributed by atoms with Crippen LogP contribution in [0.1, 0.15) is 32.4 Å². The zero-order valence-electron chi connectivity index (χ0n) is 19.1. The molecule has 1 saturated carbocycles. The maximum absolute atomic E-state index is 13.3. The van der Waals surface area contributed by atoms with Crippen molar-refractivity contribution in [1.29, 1.82) is 0 Å². The van der Waals surface area contributed by atoms with Gasteiger partial charge in [-0.1, -0.05) is 50.2 Å². The van der Waals surface area contributed by atoms with Gasteiger partial charge >= 0.3 is 6.03 Å². The standard InChI is InChI=1S/C26H32N4O2/c1-19(2)16-29(17-22-10-7-15-28(22)3)25(31)18-30(21-13-14-21)26(32)27-24-12-6-9-20-8-4-5-11-23(20)24/h4-12,15,19,21H,13-14,16-18H2,1-3H3,(H,27,32). The minimum atomic E-state index is -0.208. The molecular weight excluding hydrogens is 400 g/mol. The Bertz CT molecular complexity index is 1090. The molecule has 4 rings (SSSR count). The van der Waals surface area contributed by atoms with E-state index in [1.54, 1.807) is 4.90 Å². The van der Waals surface area contributed by atoms with E-state index in [1.165, 1.54) is 0 Å². The predicted molar refractivity (Wildman–Crippen MR) is 128 cm³/mol. The summed E-state index contributed by atoms with van der Waals surface area (Å²) < 4.78 is 2.03. The number of fused-ring (bicyclic) bond motifs is 1. The average molecular weight is 433 g/mol. The van der Waals surface area contributed by atoms with Crippen LogP contribution in [0.2, 0.25) is 0 Å². The first-order valence-electron chi connectivity index (χ1n) is 11.4. The van der Waals surface area contributed by atoms with Crippen LogP contribution in [-0.4, -0.2) is 45.4 Å². The van der Waals surface area contributed by atoms with Crippen molar-refractivity contribution in [2.75, 3.05) is 18.4 Å². The van der Waals surface area contributed by atoms with Gasteiger partial charge in [-0.15, -0.1) is 0 Å². The first-order valence-corrected chi connectivity index (χ1v) is 11.4. The molecule has 0 radical (unpaired) electrons. The molecule has 6 nitrogen and oxygen atoms in total. The van der Waals surface area contributed by atoms with Crippen molar-refractivity contribution in [3.8, 4) is 0 Å². The molecule has 3 aromatic rings. The molecule has 1 N–H and O–H groups in total. The van der Waals surface area contributed by atoms with Crippen molar-refractivity contribution in [2.24, 2.45) is 13.0 Å². The van der Waals surface area contributed by atoms with Crippen LogP contribution in [0.25, 0.3) is 10.8 Å². The maximum atomic E-state index is 13.3. The summed E-state index contributed by atoms with van der Waals surface area (Å²) in [6.07, 6.45) is 3.87. The summed E-state index contributed by atoms with van der Waals surface area (Å²) in [7, 11) is 1.99. The molecule has 0 saturated heterocycles. The molecule has 0 unspecified atom stereocenters. The number of aromatic nitrogens is 1. The Labute approximate surface area is 189 Å². The molecule has 6 heteroatoms. The lowest BCUT2D eigenvalue weighted by Crippen LogP contribution is -2.46. The van der Waals surface area contributed by atoms with Crippen LogP contribution in [0, 0.1) is 5.92 Å². The molecule has 168 valence electrons. The second kappa shape index (κ2) is 9.47. The Balaban J connectivity index is 1.49. The van der Waals surface area contributed by atoms with Gasteiger partial charge in [0.05, 0.1) is 12.2 Å². The quantitative estimate of drug-likeness (QED) is 0.553. The van der Waals surface area contributed by atoms with Gasteiger partial charge in [-0.25, -0.2) is 4.79 Å². The summed E-state index contributed by atoms with van der Waals surface area (Å²) in [4.78, 5) is 30.1. The Morgan fingerprint density at radius 2 is 1.81 bits per heavy atom. The fraction of sp³-hybridized carbons (Fsp3) is 0.385. The van der Waals surface area contributed by atoms with Crippen molar-refractivity contribution in [3.63, 3.8) is 0 Å². The second-order valence-corrected chi connectivity index (χ2v) is 9.09. The van der Waals surface area contributed by atoms with Crippen molar-refractivity contribution >= 4 is 28.4 Å². The molecule has 1 fully saturated rings. The smallest absolute Gasteiger partial charge is 0.322 e. The predicted octanol–water partition coefficient (Wildman–Crippen LogP) is 4.86. The highest BCUT2D eigenvalue weighted by Crippen LogP contribution is 2.29. The molecule has 1 heterocycles.